The summed E-state index contributed by atoms with van der Waals surface area (Å²) < 4.78 is 30.5. The molecule has 0 saturated carbocycles. The zero-order valence-corrected chi connectivity index (χ0v) is 20.3. The quantitative estimate of drug-likeness (QED) is 0.325. The third-order valence-electron chi connectivity index (χ3n) is 4.73. The molecular weight excluding hydrogens is 503 g/mol. The highest BCUT2D eigenvalue weighted by molar-refractivity contribution is 7.91. The van der Waals surface area contributed by atoms with Gasteiger partial charge >= 0.3 is 5.97 Å². The molecule has 2 aromatic carbocycles. The van der Waals surface area contributed by atoms with E-state index in [1.807, 2.05) is 0 Å². The normalized spacial score (nSPS) is 11.9. The summed E-state index contributed by atoms with van der Waals surface area (Å²) in [7, 11) is -3.82. The minimum atomic E-state index is -3.82. The molecular formula is C23H24Cl2N2O6S. The van der Waals surface area contributed by atoms with Crippen molar-refractivity contribution in [1.29, 1.82) is 0 Å². The van der Waals surface area contributed by atoms with Crippen molar-refractivity contribution in [2.75, 3.05) is 19.7 Å². The summed E-state index contributed by atoms with van der Waals surface area (Å²) in [6, 6.07) is 15.7. The van der Waals surface area contributed by atoms with Crippen LogP contribution < -0.4 is 10.1 Å². The Morgan fingerprint density at radius 1 is 1.12 bits per heavy atom. The Balaban J connectivity index is 0.00000408. The number of rotatable bonds is 11. The molecule has 0 fully saturated rings. The number of sulfone groups is 1. The topological polar surface area (TPSA) is 126 Å². The zero-order chi connectivity index (χ0) is 23.8. The van der Waals surface area contributed by atoms with E-state index in [0.717, 1.165) is 11.1 Å². The number of halogens is 2. The first-order chi connectivity index (χ1) is 15.8. The van der Waals surface area contributed by atoms with Crippen molar-refractivity contribution in [3.8, 4) is 5.75 Å². The first kappa shape index (κ1) is 27.6. The number of aliphatic carboxylic acids is 1. The van der Waals surface area contributed by atoms with E-state index in [1.54, 1.807) is 30.3 Å². The summed E-state index contributed by atoms with van der Waals surface area (Å²) >= 11 is 5.94. The number of aliphatic hydroxyl groups excluding tert-OH is 1. The molecule has 0 saturated heterocycles. The van der Waals surface area contributed by atoms with Gasteiger partial charge in [-0.3, -0.25) is 0 Å². The lowest BCUT2D eigenvalue weighted by atomic mass is 10.1. The Labute approximate surface area is 208 Å². The van der Waals surface area contributed by atoms with Crippen LogP contribution in [0.15, 0.2) is 76.8 Å². The van der Waals surface area contributed by atoms with Crippen LogP contribution in [0.25, 0.3) is 0 Å². The second-order valence-electron chi connectivity index (χ2n) is 7.19. The number of benzene rings is 2. The molecule has 11 heteroatoms. The molecule has 34 heavy (non-hydrogen) atoms. The van der Waals surface area contributed by atoms with E-state index in [9.17, 15) is 18.3 Å². The van der Waals surface area contributed by atoms with Crippen LogP contribution in [0.5, 0.6) is 5.75 Å². The van der Waals surface area contributed by atoms with Crippen LogP contribution in [-0.4, -0.2) is 49.3 Å². The minimum Gasteiger partial charge on any atom is -0.482 e. The van der Waals surface area contributed by atoms with Crippen molar-refractivity contribution in [3.63, 3.8) is 0 Å². The Morgan fingerprint density at radius 3 is 2.47 bits per heavy atom. The van der Waals surface area contributed by atoms with Crippen molar-refractivity contribution < 1.29 is 28.2 Å². The molecule has 0 aliphatic carbocycles. The van der Waals surface area contributed by atoms with Gasteiger partial charge in [0.15, 0.2) is 11.6 Å². The summed E-state index contributed by atoms with van der Waals surface area (Å²) in [6.45, 7) is 0.416. The summed E-state index contributed by atoms with van der Waals surface area (Å²) in [5.41, 5.74) is 1.57. The standard InChI is InChI=1S/C23H23ClN2O6S.ClH/c24-18-3-1-2-17(12-18)21(27)14-25-11-10-16-4-9-22(26-13-16)33(30,31)20-7-5-19(6-8-20)32-15-23(28)29;/h1-9,12-13,21,25,27H,10-11,14-15H2,(H,28,29);1H/t21-;/m0./s1. The molecule has 3 aromatic rings. The van der Waals surface area contributed by atoms with Crippen LogP contribution in [0.1, 0.15) is 17.2 Å². The van der Waals surface area contributed by atoms with Crippen molar-refractivity contribution >= 4 is 39.8 Å². The van der Waals surface area contributed by atoms with Gasteiger partial charge in [0.25, 0.3) is 0 Å². The number of ether oxygens (including phenoxy) is 1. The van der Waals surface area contributed by atoms with E-state index in [4.69, 9.17) is 21.4 Å². The van der Waals surface area contributed by atoms with Crippen molar-refractivity contribution in [1.82, 2.24) is 10.3 Å². The molecule has 1 aromatic heterocycles. The van der Waals surface area contributed by atoms with E-state index in [1.165, 1.54) is 36.5 Å². The second kappa shape index (κ2) is 12.7. The molecule has 0 unspecified atom stereocenters. The summed E-state index contributed by atoms with van der Waals surface area (Å²) in [6.07, 6.45) is 1.42. The van der Waals surface area contributed by atoms with E-state index >= 15 is 0 Å². The number of carboxylic acids is 1. The predicted molar refractivity (Wildman–Crippen MR) is 129 cm³/mol. The van der Waals surface area contributed by atoms with Crippen molar-refractivity contribution in [2.45, 2.75) is 22.4 Å². The lowest BCUT2D eigenvalue weighted by molar-refractivity contribution is -0.139. The van der Waals surface area contributed by atoms with Crippen LogP contribution in [0, 0.1) is 0 Å². The lowest BCUT2D eigenvalue weighted by Gasteiger charge is -2.12. The Bertz CT molecular complexity index is 1190. The minimum absolute atomic E-state index is 0. The predicted octanol–water partition coefficient (Wildman–Crippen LogP) is 3.32. The van der Waals surface area contributed by atoms with E-state index in [0.29, 0.717) is 24.5 Å². The largest absolute Gasteiger partial charge is 0.482 e. The van der Waals surface area contributed by atoms with Gasteiger partial charge in [-0.2, -0.15) is 0 Å². The summed E-state index contributed by atoms with van der Waals surface area (Å²) in [5.74, 6) is -0.865. The molecule has 3 N–H and O–H groups in total. The number of nitrogens with one attached hydrogen (secondary N) is 1. The Morgan fingerprint density at radius 2 is 1.85 bits per heavy atom. The van der Waals surface area contributed by atoms with Crippen molar-refractivity contribution in [2.24, 2.45) is 0 Å². The summed E-state index contributed by atoms with van der Waals surface area (Å²) in [4.78, 5) is 14.7. The van der Waals surface area contributed by atoms with Gasteiger partial charge < -0.3 is 20.3 Å². The Kier molecular flexibility index (Phi) is 10.3. The van der Waals surface area contributed by atoms with Gasteiger partial charge in [-0.05, 0) is 66.6 Å². The third kappa shape index (κ3) is 7.68. The smallest absolute Gasteiger partial charge is 0.341 e. The Hall–Kier alpha value is -2.69. The number of hydrogen-bond acceptors (Lipinski definition) is 7. The summed E-state index contributed by atoms with van der Waals surface area (Å²) in [5, 5.41) is 22.5. The molecule has 1 atom stereocenters. The van der Waals surface area contributed by atoms with Gasteiger partial charge in [-0.25, -0.2) is 18.2 Å². The molecule has 182 valence electrons. The molecule has 1 heterocycles. The molecule has 0 aliphatic rings. The monoisotopic (exact) mass is 526 g/mol. The molecule has 0 aliphatic heterocycles. The van der Waals surface area contributed by atoms with Gasteiger partial charge in [-0.1, -0.05) is 29.8 Å². The van der Waals surface area contributed by atoms with Crippen LogP contribution in [0.2, 0.25) is 5.02 Å². The highest BCUT2D eigenvalue weighted by Crippen LogP contribution is 2.22. The van der Waals surface area contributed by atoms with Gasteiger partial charge in [0.1, 0.15) is 5.75 Å². The van der Waals surface area contributed by atoms with E-state index in [-0.39, 0.29) is 28.1 Å². The zero-order valence-electron chi connectivity index (χ0n) is 17.9. The number of aromatic nitrogens is 1. The first-order valence-corrected chi connectivity index (χ1v) is 11.9. The molecule has 0 bridgehead atoms. The molecule has 0 amide bonds. The molecule has 8 nitrogen and oxygen atoms in total. The maximum absolute atomic E-state index is 12.8. The maximum Gasteiger partial charge on any atom is 0.341 e. The lowest BCUT2D eigenvalue weighted by Crippen LogP contribution is -2.23. The highest BCUT2D eigenvalue weighted by atomic mass is 35.5. The fourth-order valence-corrected chi connectivity index (χ4v) is 4.38. The number of carbonyl (C=O) groups is 1. The second-order valence-corrected chi connectivity index (χ2v) is 9.52. The molecule has 0 spiro atoms. The fourth-order valence-electron chi connectivity index (χ4n) is 3.00. The SMILES string of the molecule is Cl.O=C(O)COc1ccc(S(=O)(=O)c2ccc(CCNC[C@H](O)c3cccc(Cl)c3)cn2)cc1. The number of pyridine rings is 1. The maximum atomic E-state index is 12.8. The van der Waals surface area contributed by atoms with Crippen LogP contribution in [0.3, 0.4) is 0 Å². The third-order valence-corrected chi connectivity index (χ3v) is 6.65. The fraction of sp³-hybridized carbons (Fsp3) is 0.217. The van der Waals surface area contributed by atoms with Crippen LogP contribution >= 0.6 is 24.0 Å². The average Bonchev–Trinajstić information content (AvgIpc) is 2.81. The highest BCUT2D eigenvalue weighted by Gasteiger charge is 2.19. The van der Waals surface area contributed by atoms with Gasteiger partial charge in [0.05, 0.1) is 11.0 Å². The van der Waals surface area contributed by atoms with Crippen molar-refractivity contribution in [3.05, 3.63) is 83.0 Å². The van der Waals surface area contributed by atoms with Crippen LogP contribution in [0.4, 0.5) is 0 Å². The van der Waals surface area contributed by atoms with Gasteiger partial charge in [-0.15, -0.1) is 12.4 Å². The number of nitrogens with zero attached hydrogens (tertiary/aromatic N) is 1. The van der Waals surface area contributed by atoms with Crippen LogP contribution in [-0.2, 0) is 21.1 Å². The van der Waals surface area contributed by atoms with Gasteiger partial charge in [0, 0.05) is 17.8 Å². The number of aliphatic hydroxyl groups is 1. The molecule has 3 rings (SSSR count). The van der Waals surface area contributed by atoms with E-state index in [2.05, 4.69) is 10.3 Å². The average molecular weight is 527 g/mol. The molecule has 0 radical (unpaired) electrons. The van der Waals surface area contributed by atoms with Gasteiger partial charge in [0.2, 0.25) is 9.84 Å². The number of carboxylic acid groups (broad SMARTS) is 1. The number of hydrogen-bond donors (Lipinski definition) is 3. The first-order valence-electron chi connectivity index (χ1n) is 10.0. The van der Waals surface area contributed by atoms with E-state index < -0.39 is 28.5 Å².